The zero-order chi connectivity index (χ0) is 10.6. The molecule has 0 radical (unpaired) electrons. The molecule has 0 aliphatic heterocycles. The zero-order valence-electron chi connectivity index (χ0n) is 9.37. The average molecular weight is 200 g/mol. The van der Waals surface area contributed by atoms with Crippen LogP contribution in [0.2, 0.25) is 0 Å². The Kier molecular flexibility index (Phi) is 10.4. The monoisotopic (exact) mass is 200 g/mol. The molecule has 0 aromatic rings. The van der Waals surface area contributed by atoms with Gasteiger partial charge in [-0.1, -0.05) is 39.0 Å². The molecule has 0 rings (SSSR count). The first kappa shape index (κ1) is 13.6. The van der Waals surface area contributed by atoms with E-state index in [0.717, 1.165) is 38.4 Å². The third-order valence-corrected chi connectivity index (χ3v) is 2.60. The van der Waals surface area contributed by atoms with Crippen molar-refractivity contribution in [2.45, 2.75) is 58.3 Å². The number of hydrogen-bond acceptors (Lipinski definition) is 2. The van der Waals surface area contributed by atoms with E-state index < -0.39 is 0 Å². The van der Waals surface area contributed by atoms with Crippen LogP contribution in [0.3, 0.4) is 0 Å². The van der Waals surface area contributed by atoms with E-state index in [2.05, 4.69) is 6.92 Å². The van der Waals surface area contributed by atoms with Crippen LogP contribution in [0.4, 0.5) is 0 Å². The molecule has 0 fully saturated rings. The van der Waals surface area contributed by atoms with Gasteiger partial charge in [-0.05, 0) is 19.3 Å². The molecule has 0 aliphatic carbocycles. The maximum absolute atomic E-state index is 10.7. The minimum atomic E-state index is 0.264. The number of carbonyl (C=O) groups is 1. The number of hydrogen-bond donors (Lipinski definition) is 1. The second-order valence-corrected chi connectivity index (χ2v) is 3.96. The van der Waals surface area contributed by atoms with Gasteiger partial charge in [-0.25, -0.2) is 0 Å². The van der Waals surface area contributed by atoms with Crippen LogP contribution in [0.1, 0.15) is 58.3 Å². The van der Waals surface area contributed by atoms with Crippen LogP contribution < -0.4 is 0 Å². The van der Waals surface area contributed by atoms with Crippen molar-refractivity contribution in [1.29, 1.82) is 0 Å². The Hall–Kier alpha value is -0.370. The minimum absolute atomic E-state index is 0.264. The molecule has 1 atom stereocenters. The van der Waals surface area contributed by atoms with Gasteiger partial charge < -0.3 is 9.90 Å². The largest absolute Gasteiger partial charge is 0.396 e. The summed E-state index contributed by atoms with van der Waals surface area (Å²) < 4.78 is 0. The molecule has 2 nitrogen and oxygen atoms in total. The van der Waals surface area contributed by atoms with E-state index in [1.807, 2.05) is 0 Å². The van der Waals surface area contributed by atoms with Gasteiger partial charge in [-0.15, -0.1) is 0 Å². The predicted octanol–water partition coefficient (Wildman–Crippen LogP) is 2.93. The smallest absolute Gasteiger partial charge is 0.123 e. The molecule has 0 spiro atoms. The van der Waals surface area contributed by atoms with Crippen LogP contribution in [0.25, 0.3) is 0 Å². The fourth-order valence-electron chi connectivity index (χ4n) is 1.63. The van der Waals surface area contributed by atoms with Crippen LogP contribution in [0.5, 0.6) is 0 Å². The van der Waals surface area contributed by atoms with Gasteiger partial charge in [0.25, 0.3) is 0 Å². The first-order valence-electron chi connectivity index (χ1n) is 5.91. The summed E-state index contributed by atoms with van der Waals surface area (Å²) in [5.74, 6) is 0.264. The molecule has 0 saturated carbocycles. The highest BCUT2D eigenvalue weighted by atomic mass is 16.2. The minimum Gasteiger partial charge on any atom is -0.396 e. The van der Waals surface area contributed by atoms with E-state index >= 15 is 0 Å². The summed E-state index contributed by atoms with van der Waals surface area (Å²) in [5, 5.41) is 8.59. The Bertz CT molecular complexity index is 123. The van der Waals surface area contributed by atoms with E-state index in [4.69, 9.17) is 5.11 Å². The molecule has 0 aliphatic rings. The van der Waals surface area contributed by atoms with Gasteiger partial charge in [0, 0.05) is 12.5 Å². The quantitative estimate of drug-likeness (QED) is 0.435. The van der Waals surface area contributed by atoms with Gasteiger partial charge in [0.15, 0.2) is 0 Å². The summed E-state index contributed by atoms with van der Waals surface area (Å²) in [6, 6.07) is 0. The van der Waals surface area contributed by atoms with Crippen LogP contribution in [-0.4, -0.2) is 18.0 Å². The lowest BCUT2D eigenvalue weighted by Crippen LogP contribution is -2.02. The first-order valence-corrected chi connectivity index (χ1v) is 5.91. The Balaban J connectivity index is 3.33. The fourth-order valence-corrected chi connectivity index (χ4v) is 1.63. The van der Waals surface area contributed by atoms with Crippen molar-refractivity contribution < 1.29 is 9.90 Å². The summed E-state index contributed by atoms with van der Waals surface area (Å²) in [6.45, 7) is 2.46. The second kappa shape index (κ2) is 10.7. The van der Waals surface area contributed by atoms with Crippen molar-refractivity contribution in [2.24, 2.45) is 5.92 Å². The van der Waals surface area contributed by atoms with E-state index in [0.29, 0.717) is 0 Å². The fraction of sp³-hybridized carbons (Fsp3) is 0.917. The number of aliphatic hydroxyl groups excluding tert-OH is 1. The molecule has 14 heavy (non-hydrogen) atoms. The number of aldehydes is 1. The lowest BCUT2D eigenvalue weighted by molar-refractivity contribution is -0.111. The molecular formula is C12H24O2. The number of carbonyl (C=O) groups excluding carboxylic acids is 1. The summed E-state index contributed by atoms with van der Waals surface area (Å²) in [4.78, 5) is 10.7. The van der Waals surface area contributed by atoms with E-state index in [9.17, 15) is 4.79 Å². The van der Waals surface area contributed by atoms with Crippen LogP contribution >= 0.6 is 0 Å². The lowest BCUT2D eigenvalue weighted by atomic mass is 9.96. The highest BCUT2D eigenvalue weighted by Gasteiger charge is 2.05. The highest BCUT2D eigenvalue weighted by molar-refractivity contribution is 5.53. The number of rotatable bonds is 10. The van der Waals surface area contributed by atoms with Gasteiger partial charge in [-0.3, -0.25) is 0 Å². The van der Waals surface area contributed by atoms with Gasteiger partial charge in [0.05, 0.1) is 0 Å². The Labute approximate surface area is 87.7 Å². The molecule has 1 unspecified atom stereocenters. The molecule has 2 heteroatoms. The molecular weight excluding hydrogens is 176 g/mol. The Morgan fingerprint density at radius 1 is 1.07 bits per heavy atom. The van der Waals surface area contributed by atoms with Crippen LogP contribution in [-0.2, 0) is 4.79 Å². The lowest BCUT2D eigenvalue weighted by Gasteiger charge is -2.08. The molecule has 0 amide bonds. The third-order valence-electron chi connectivity index (χ3n) is 2.60. The van der Waals surface area contributed by atoms with Crippen molar-refractivity contribution in [2.75, 3.05) is 6.61 Å². The zero-order valence-corrected chi connectivity index (χ0v) is 9.37. The maximum Gasteiger partial charge on any atom is 0.123 e. The summed E-state index contributed by atoms with van der Waals surface area (Å²) >= 11 is 0. The summed E-state index contributed by atoms with van der Waals surface area (Å²) in [6.07, 6.45) is 9.81. The van der Waals surface area contributed by atoms with Gasteiger partial charge in [0.2, 0.25) is 0 Å². The predicted molar refractivity (Wildman–Crippen MR) is 59.2 cm³/mol. The van der Waals surface area contributed by atoms with Crippen molar-refractivity contribution in [1.82, 2.24) is 0 Å². The van der Waals surface area contributed by atoms with Crippen molar-refractivity contribution >= 4 is 6.29 Å². The van der Waals surface area contributed by atoms with E-state index in [1.54, 1.807) is 0 Å². The molecule has 84 valence electrons. The standard InChI is InChI=1S/C12H24O2/c1-2-3-5-8-12(11-14)9-6-4-7-10-13/h11-13H,2-10H2,1H3. The van der Waals surface area contributed by atoms with Crippen LogP contribution in [0, 0.1) is 5.92 Å². The van der Waals surface area contributed by atoms with Crippen LogP contribution in [0.15, 0.2) is 0 Å². The highest BCUT2D eigenvalue weighted by Crippen LogP contribution is 2.15. The summed E-state index contributed by atoms with van der Waals surface area (Å²) in [7, 11) is 0. The molecule has 0 saturated heterocycles. The van der Waals surface area contributed by atoms with Crippen molar-refractivity contribution in [3.05, 3.63) is 0 Å². The third kappa shape index (κ3) is 8.24. The molecule has 0 bridgehead atoms. The molecule has 1 N–H and O–H groups in total. The average Bonchev–Trinajstić information content (AvgIpc) is 2.22. The van der Waals surface area contributed by atoms with Gasteiger partial charge in [-0.2, -0.15) is 0 Å². The molecule has 0 aromatic carbocycles. The summed E-state index contributed by atoms with van der Waals surface area (Å²) in [5.41, 5.74) is 0. The van der Waals surface area contributed by atoms with E-state index in [-0.39, 0.29) is 12.5 Å². The van der Waals surface area contributed by atoms with Crippen molar-refractivity contribution in [3.63, 3.8) is 0 Å². The second-order valence-electron chi connectivity index (χ2n) is 3.96. The van der Waals surface area contributed by atoms with E-state index in [1.165, 1.54) is 19.3 Å². The SMILES string of the molecule is CCCCCC(C=O)CCCCCO. The maximum atomic E-state index is 10.7. The first-order chi connectivity index (χ1) is 6.85. The number of unbranched alkanes of at least 4 members (excludes halogenated alkanes) is 4. The topological polar surface area (TPSA) is 37.3 Å². The van der Waals surface area contributed by atoms with Crippen molar-refractivity contribution in [3.8, 4) is 0 Å². The molecule has 0 aromatic heterocycles. The van der Waals surface area contributed by atoms with Gasteiger partial charge in [0.1, 0.15) is 6.29 Å². The number of aliphatic hydroxyl groups is 1. The Morgan fingerprint density at radius 3 is 2.21 bits per heavy atom. The molecule has 0 heterocycles. The Morgan fingerprint density at radius 2 is 1.71 bits per heavy atom. The normalized spacial score (nSPS) is 12.7. The van der Waals surface area contributed by atoms with Gasteiger partial charge >= 0.3 is 0 Å².